The van der Waals surface area contributed by atoms with E-state index in [0.717, 1.165) is 29.2 Å². The van der Waals surface area contributed by atoms with Crippen LogP contribution in [0.5, 0.6) is 0 Å². The van der Waals surface area contributed by atoms with Gasteiger partial charge in [-0.15, -0.1) is 0 Å². The van der Waals surface area contributed by atoms with Crippen molar-refractivity contribution in [1.29, 1.82) is 0 Å². The van der Waals surface area contributed by atoms with Gasteiger partial charge in [-0.2, -0.15) is 13.2 Å². The molecule has 0 saturated carbocycles. The summed E-state index contributed by atoms with van der Waals surface area (Å²) in [5.74, 6) is 0.590. The van der Waals surface area contributed by atoms with Crippen molar-refractivity contribution in [2.45, 2.75) is 33.0 Å². The highest BCUT2D eigenvalue weighted by atomic mass is 19.4. The summed E-state index contributed by atoms with van der Waals surface area (Å²) in [5, 5.41) is 7.27. The minimum Gasteiger partial charge on any atom is -0.385 e. The molecular formula is C20H21F3N4. The largest absolute Gasteiger partial charge is 0.416 e. The zero-order valence-electron chi connectivity index (χ0n) is 15.4. The molecule has 1 aromatic heterocycles. The fraction of sp³-hybridized carbons (Fsp3) is 0.300. The van der Waals surface area contributed by atoms with Crippen molar-refractivity contribution in [2.24, 2.45) is 0 Å². The number of rotatable bonds is 5. The summed E-state index contributed by atoms with van der Waals surface area (Å²) in [4.78, 5) is 8.57. The van der Waals surface area contributed by atoms with E-state index >= 15 is 0 Å². The zero-order chi connectivity index (χ0) is 19.6. The van der Waals surface area contributed by atoms with E-state index in [-0.39, 0.29) is 11.6 Å². The number of nitrogens with one attached hydrogen (secondary N) is 2. The van der Waals surface area contributed by atoms with Crippen LogP contribution in [0, 0.1) is 6.92 Å². The highest BCUT2D eigenvalue weighted by Gasteiger charge is 2.33. The lowest BCUT2D eigenvalue weighted by Gasteiger charge is -2.21. The van der Waals surface area contributed by atoms with Gasteiger partial charge in [0.15, 0.2) is 0 Å². The highest BCUT2D eigenvalue weighted by molar-refractivity contribution is 5.91. The second-order valence-electron chi connectivity index (χ2n) is 6.37. The molecule has 0 bridgehead atoms. The number of nitrogens with zero attached hydrogens (tertiary/aromatic N) is 2. The molecule has 1 heterocycles. The van der Waals surface area contributed by atoms with Crippen LogP contribution in [-0.4, -0.2) is 16.5 Å². The second-order valence-corrected chi connectivity index (χ2v) is 6.37. The summed E-state index contributed by atoms with van der Waals surface area (Å²) >= 11 is 0. The summed E-state index contributed by atoms with van der Waals surface area (Å²) in [6.07, 6.45) is -2.92. The molecule has 0 aliphatic carbocycles. The molecule has 0 spiro atoms. The number of benzene rings is 2. The highest BCUT2D eigenvalue weighted by Crippen LogP contribution is 2.35. The molecule has 7 heteroatoms. The molecule has 142 valence electrons. The lowest BCUT2D eigenvalue weighted by Crippen LogP contribution is -2.14. The Morgan fingerprint density at radius 1 is 1.11 bits per heavy atom. The third-order valence-corrected chi connectivity index (χ3v) is 4.52. The summed E-state index contributed by atoms with van der Waals surface area (Å²) in [6.45, 7) is 6.13. The minimum atomic E-state index is -4.37. The van der Waals surface area contributed by atoms with Crippen molar-refractivity contribution in [3.63, 3.8) is 0 Å². The molecular weight excluding hydrogens is 353 g/mol. The zero-order valence-corrected chi connectivity index (χ0v) is 15.4. The molecule has 27 heavy (non-hydrogen) atoms. The first kappa shape index (κ1) is 18.9. The van der Waals surface area contributed by atoms with Gasteiger partial charge >= 0.3 is 6.18 Å². The Hall–Kier alpha value is -2.83. The third-order valence-electron chi connectivity index (χ3n) is 4.52. The molecule has 1 unspecified atom stereocenters. The molecule has 2 N–H and O–H groups in total. The smallest absolute Gasteiger partial charge is 0.385 e. The predicted molar refractivity (Wildman–Crippen MR) is 102 cm³/mol. The maximum atomic E-state index is 13.2. The summed E-state index contributed by atoms with van der Waals surface area (Å²) in [5.41, 5.74) is 1.91. The molecule has 0 fully saturated rings. The van der Waals surface area contributed by atoms with Gasteiger partial charge in [-0.05, 0) is 56.2 Å². The van der Waals surface area contributed by atoms with Crippen LogP contribution in [0.25, 0.3) is 10.9 Å². The normalized spacial score (nSPS) is 12.8. The van der Waals surface area contributed by atoms with Crippen molar-refractivity contribution in [3.8, 4) is 0 Å². The molecule has 2 aromatic carbocycles. The van der Waals surface area contributed by atoms with Crippen LogP contribution in [0.2, 0.25) is 0 Å². The van der Waals surface area contributed by atoms with E-state index in [2.05, 4.69) is 20.6 Å². The first-order valence-corrected chi connectivity index (χ1v) is 8.73. The summed E-state index contributed by atoms with van der Waals surface area (Å²) < 4.78 is 39.5. The maximum Gasteiger partial charge on any atom is 0.416 e. The quantitative estimate of drug-likeness (QED) is 0.614. The number of fused-ring (bicyclic) bond motifs is 1. The number of alkyl halides is 3. The van der Waals surface area contributed by atoms with Gasteiger partial charge in [0.25, 0.3) is 0 Å². The van der Waals surface area contributed by atoms with Crippen LogP contribution in [0.1, 0.15) is 36.6 Å². The Morgan fingerprint density at radius 2 is 1.89 bits per heavy atom. The van der Waals surface area contributed by atoms with Crippen molar-refractivity contribution >= 4 is 22.4 Å². The van der Waals surface area contributed by atoms with Gasteiger partial charge in [0, 0.05) is 17.6 Å². The maximum absolute atomic E-state index is 13.2. The summed E-state index contributed by atoms with van der Waals surface area (Å²) in [6, 6.07) is 9.65. The fourth-order valence-corrected chi connectivity index (χ4v) is 3.20. The van der Waals surface area contributed by atoms with Gasteiger partial charge in [-0.3, -0.25) is 0 Å². The molecule has 0 amide bonds. The average molecular weight is 374 g/mol. The van der Waals surface area contributed by atoms with E-state index in [1.807, 2.05) is 32.0 Å². The Bertz CT molecular complexity index is 954. The SMILES string of the molecule is CCNc1ccc2c(NC(C)c3cccc(C(F)(F)F)c3C)ncnc2c1. The van der Waals surface area contributed by atoms with Crippen LogP contribution in [-0.2, 0) is 6.18 Å². The first-order valence-electron chi connectivity index (χ1n) is 8.73. The van der Waals surface area contributed by atoms with Crippen molar-refractivity contribution in [1.82, 2.24) is 9.97 Å². The van der Waals surface area contributed by atoms with Crippen molar-refractivity contribution < 1.29 is 13.2 Å². The van der Waals surface area contributed by atoms with Gasteiger partial charge in [-0.25, -0.2) is 9.97 Å². The predicted octanol–water partition coefficient (Wildman–Crippen LogP) is 5.56. The van der Waals surface area contributed by atoms with E-state index in [1.54, 1.807) is 6.07 Å². The Balaban J connectivity index is 1.94. The monoisotopic (exact) mass is 374 g/mol. The van der Waals surface area contributed by atoms with E-state index in [0.29, 0.717) is 11.4 Å². The molecule has 1 atom stereocenters. The number of hydrogen-bond acceptors (Lipinski definition) is 4. The van der Waals surface area contributed by atoms with Crippen LogP contribution in [0.3, 0.4) is 0 Å². The van der Waals surface area contributed by atoms with Crippen molar-refractivity contribution in [3.05, 3.63) is 59.4 Å². The average Bonchev–Trinajstić information content (AvgIpc) is 2.61. The van der Waals surface area contributed by atoms with E-state index < -0.39 is 11.7 Å². The number of aromatic nitrogens is 2. The van der Waals surface area contributed by atoms with E-state index in [4.69, 9.17) is 0 Å². The molecule has 0 radical (unpaired) electrons. The molecule has 3 rings (SSSR count). The van der Waals surface area contributed by atoms with Gasteiger partial charge in [-0.1, -0.05) is 12.1 Å². The van der Waals surface area contributed by atoms with Gasteiger partial charge in [0.2, 0.25) is 0 Å². The lowest BCUT2D eigenvalue weighted by atomic mass is 9.97. The van der Waals surface area contributed by atoms with Crippen LogP contribution in [0.4, 0.5) is 24.7 Å². The van der Waals surface area contributed by atoms with Crippen LogP contribution in [0.15, 0.2) is 42.7 Å². The molecule has 0 saturated heterocycles. The van der Waals surface area contributed by atoms with Gasteiger partial charge in [0.05, 0.1) is 17.1 Å². The van der Waals surface area contributed by atoms with Gasteiger partial charge in [0.1, 0.15) is 12.1 Å². The lowest BCUT2D eigenvalue weighted by molar-refractivity contribution is -0.138. The Labute approximate surface area is 155 Å². The third kappa shape index (κ3) is 3.97. The molecule has 0 aliphatic rings. The van der Waals surface area contributed by atoms with Crippen LogP contribution >= 0.6 is 0 Å². The van der Waals surface area contributed by atoms with Crippen LogP contribution < -0.4 is 10.6 Å². The Kier molecular flexibility index (Phi) is 5.21. The van der Waals surface area contributed by atoms with E-state index in [9.17, 15) is 13.2 Å². The number of anilines is 2. The first-order chi connectivity index (χ1) is 12.8. The fourth-order valence-electron chi connectivity index (χ4n) is 3.20. The standard InChI is InChI=1S/C20H21F3N4/c1-4-24-14-8-9-16-18(10-14)25-11-26-19(16)27-13(3)15-6-5-7-17(12(15)2)20(21,22)23/h5-11,13,24H,4H2,1-3H3,(H,25,26,27). The Morgan fingerprint density at radius 3 is 2.59 bits per heavy atom. The number of halogens is 3. The van der Waals surface area contributed by atoms with Gasteiger partial charge < -0.3 is 10.6 Å². The minimum absolute atomic E-state index is 0.220. The molecule has 0 aliphatic heterocycles. The second kappa shape index (κ2) is 7.42. The number of hydrogen-bond donors (Lipinski definition) is 2. The molecule has 3 aromatic rings. The van der Waals surface area contributed by atoms with Crippen molar-refractivity contribution in [2.75, 3.05) is 17.2 Å². The molecule has 4 nitrogen and oxygen atoms in total. The van der Waals surface area contributed by atoms with E-state index in [1.165, 1.54) is 19.3 Å². The summed E-state index contributed by atoms with van der Waals surface area (Å²) in [7, 11) is 0. The topological polar surface area (TPSA) is 49.8 Å².